The molecule has 1 nitrogen and oxygen atoms in total. The molecule has 0 amide bonds. The van der Waals surface area contributed by atoms with Crippen LogP contribution < -0.4 is 0 Å². The molecule has 0 aromatic heterocycles. The SMILES string of the molecule is C/C=C1/C=CC(O)=CC1. The Bertz CT molecular complexity index is 185. The van der Waals surface area contributed by atoms with Gasteiger partial charge in [-0.05, 0) is 31.1 Å². The molecule has 0 aromatic carbocycles. The Morgan fingerprint density at radius 1 is 1.56 bits per heavy atom. The zero-order valence-electron chi connectivity index (χ0n) is 5.46. The number of allylic oxidation sites excluding steroid dienone is 5. The van der Waals surface area contributed by atoms with Gasteiger partial charge in [-0.2, -0.15) is 0 Å². The van der Waals surface area contributed by atoms with E-state index in [1.165, 1.54) is 5.57 Å². The van der Waals surface area contributed by atoms with E-state index in [2.05, 4.69) is 0 Å². The summed E-state index contributed by atoms with van der Waals surface area (Å²) in [5.74, 6) is 0.376. The van der Waals surface area contributed by atoms with E-state index in [9.17, 15) is 0 Å². The minimum absolute atomic E-state index is 0.376. The van der Waals surface area contributed by atoms with Crippen molar-refractivity contribution in [2.75, 3.05) is 0 Å². The zero-order valence-corrected chi connectivity index (χ0v) is 5.46. The fraction of sp³-hybridized carbons (Fsp3) is 0.250. The van der Waals surface area contributed by atoms with Crippen molar-refractivity contribution in [3.63, 3.8) is 0 Å². The summed E-state index contributed by atoms with van der Waals surface area (Å²) in [4.78, 5) is 0. The van der Waals surface area contributed by atoms with E-state index in [-0.39, 0.29) is 0 Å². The van der Waals surface area contributed by atoms with Gasteiger partial charge in [0.15, 0.2) is 0 Å². The van der Waals surface area contributed by atoms with E-state index < -0.39 is 0 Å². The first-order valence-electron chi connectivity index (χ1n) is 3.05. The molecule has 1 aliphatic rings. The first-order chi connectivity index (χ1) is 4.33. The van der Waals surface area contributed by atoms with Crippen LogP contribution >= 0.6 is 0 Å². The molecule has 9 heavy (non-hydrogen) atoms. The molecular formula is C8H10O. The van der Waals surface area contributed by atoms with Gasteiger partial charge in [0.2, 0.25) is 0 Å². The second-order valence-corrected chi connectivity index (χ2v) is 2.03. The zero-order chi connectivity index (χ0) is 6.69. The minimum Gasteiger partial charge on any atom is -0.508 e. The highest BCUT2D eigenvalue weighted by atomic mass is 16.3. The van der Waals surface area contributed by atoms with Gasteiger partial charge < -0.3 is 5.11 Å². The molecular weight excluding hydrogens is 112 g/mol. The highest BCUT2D eigenvalue weighted by Gasteiger charge is 1.95. The Hall–Kier alpha value is -0.980. The second kappa shape index (κ2) is 2.53. The summed E-state index contributed by atoms with van der Waals surface area (Å²) in [6, 6.07) is 0. The van der Waals surface area contributed by atoms with Crippen LogP contribution in [-0.4, -0.2) is 5.11 Å². The molecule has 0 unspecified atom stereocenters. The third-order valence-corrected chi connectivity index (χ3v) is 1.39. The summed E-state index contributed by atoms with van der Waals surface area (Å²) < 4.78 is 0. The molecule has 1 rings (SSSR count). The molecule has 1 heteroatoms. The van der Waals surface area contributed by atoms with E-state index in [1.807, 2.05) is 19.1 Å². The summed E-state index contributed by atoms with van der Waals surface area (Å²) in [5, 5.41) is 8.87. The van der Waals surface area contributed by atoms with Crippen molar-refractivity contribution in [1.29, 1.82) is 0 Å². The van der Waals surface area contributed by atoms with E-state index in [4.69, 9.17) is 5.11 Å². The van der Waals surface area contributed by atoms with Crippen molar-refractivity contribution in [2.45, 2.75) is 13.3 Å². The topological polar surface area (TPSA) is 20.2 Å². The predicted molar refractivity (Wildman–Crippen MR) is 38.2 cm³/mol. The molecule has 0 spiro atoms. The molecule has 0 aliphatic heterocycles. The van der Waals surface area contributed by atoms with Crippen LogP contribution in [0.4, 0.5) is 0 Å². The van der Waals surface area contributed by atoms with Crippen molar-refractivity contribution in [3.05, 3.63) is 35.6 Å². The van der Waals surface area contributed by atoms with Crippen LogP contribution in [0.2, 0.25) is 0 Å². The summed E-state index contributed by atoms with van der Waals surface area (Å²) in [5.41, 5.74) is 1.26. The minimum atomic E-state index is 0.376. The smallest absolute Gasteiger partial charge is 0.111 e. The number of hydrogen-bond acceptors (Lipinski definition) is 1. The molecule has 0 radical (unpaired) electrons. The van der Waals surface area contributed by atoms with Crippen molar-refractivity contribution in [3.8, 4) is 0 Å². The van der Waals surface area contributed by atoms with E-state index in [1.54, 1.807) is 12.2 Å². The van der Waals surface area contributed by atoms with Crippen molar-refractivity contribution >= 4 is 0 Å². The van der Waals surface area contributed by atoms with Crippen LogP contribution in [0, 0.1) is 0 Å². The van der Waals surface area contributed by atoms with Gasteiger partial charge in [0, 0.05) is 0 Å². The van der Waals surface area contributed by atoms with E-state index in [0.29, 0.717) is 5.76 Å². The van der Waals surface area contributed by atoms with Gasteiger partial charge in [0.1, 0.15) is 5.76 Å². The number of rotatable bonds is 0. The third kappa shape index (κ3) is 1.46. The molecule has 48 valence electrons. The predicted octanol–water partition coefficient (Wildman–Crippen LogP) is 2.33. The second-order valence-electron chi connectivity index (χ2n) is 2.03. The number of hydrogen-bond donors (Lipinski definition) is 1. The van der Waals surface area contributed by atoms with Crippen LogP contribution in [0.15, 0.2) is 35.6 Å². The van der Waals surface area contributed by atoms with Gasteiger partial charge in [0.05, 0.1) is 0 Å². The molecule has 0 aromatic rings. The quantitative estimate of drug-likeness (QED) is 0.522. The maximum Gasteiger partial charge on any atom is 0.111 e. The van der Waals surface area contributed by atoms with Crippen LogP contribution in [-0.2, 0) is 0 Å². The van der Waals surface area contributed by atoms with E-state index in [0.717, 1.165) is 6.42 Å². The Morgan fingerprint density at radius 2 is 2.33 bits per heavy atom. The average molecular weight is 122 g/mol. The Morgan fingerprint density at radius 3 is 2.78 bits per heavy atom. The monoisotopic (exact) mass is 122 g/mol. The van der Waals surface area contributed by atoms with Crippen LogP contribution in [0.1, 0.15) is 13.3 Å². The Balaban J connectivity index is 2.70. The van der Waals surface area contributed by atoms with Crippen LogP contribution in [0.3, 0.4) is 0 Å². The fourth-order valence-electron chi connectivity index (χ4n) is 0.765. The maximum absolute atomic E-state index is 8.87. The standard InChI is InChI=1S/C8H10O/c1-2-7-3-5-8(9)6-4-7/h2-3,5-6,9H,4H2,1H3/b7-2-. The Kier molecular flexibility index (Phi) is 1.73. The lowest BCUT2D eigenvalue weighted by Crippen LogP contribution is -1.84. The lowest BCUT2D eigenvalue weighted by atomic mass is 10.1. The van der Waals surface area contributed by atoms with Gasteiger partial charge in [-0.15, -0.1) is 0 Å². The largest absolute Gasteiger partial charge is 0.508 e. The van der Waals surface area contributed by atoms with Gasteiger partial charge in [-0.25, -0.2) is 0 Å². The first-order valence-corrected chi connectivity index (χ1v) is 3.05. The van der Waals surface area contributed by atoms with Gasteiger partial charge in [0.25, 0.3) is 0 Å². The summed E-state index contributed by atoms with van der Waals surface area (Å²) in [7, 11) is 0. The van der Waals surface area contributed by atoms with Gasteiger partial charge in [-0.3, -0.25) is 0 Å². The lowest BCUT2D eigenvalue weighted by molar-refractivity contribution is 0.429. The maximum atomic E-state index is 8.87. The molecule has 0 heterocycles. The molecule has 0 saturated carbocycles. The van der Waals surface area contributed by atoms with Crippen molar-refractivity contribution in [1.82, 2.24) is 0 Å². The molecule has 0 atom stereocenters. The first kappa shape index (κ1) is 6.14. The Labute approximate surface area is 55.0 Å². The summed E-state index contributed by atoms with van der Waals surface area (Å²) in [6.07, 6.45) is 8.34. The van der Waals surface area contributed by atoms with Crippen LogP contribution in [0.5, 0.6) is 0 Å². The molecule has 0 bridgehead atoms. The van der Waals surface area contributed by atoms with Crippen molar-refractivity contribution < 1.29 is 5.11 Å². The van der Waals surface area contributed by atoms with Gasteiger partial charge in [-0.1, -0.05) is 12.2 Å². The van der Waals surface area contributed by atoms with Gasteiger partial charge >= 0.3 is 0 Å². The number of aliphatic hydroxyl groups excluding tert-OH is 1. The van der Waals surface area contributed by atoms with E-state index >= 15 is 0 Å². The normalized spacial score (nSPS) is 22.3. The average Bonchev–Trinajstić information content (AvgIpc) is 1.90. The molecule has 1 N–H and O–H groups in total. The lowest BCUT2D eigenvalue weighted by Gasteiger charge is -2.01. The number of aliphatic hydroxyl groups is 1. The van der Waals surface area contributed by atoms with Crippen LogP contribution in [0.25, 0.3) is 0 Å². The third-order valence-electron chi connectivity index (χ3n) is 1.39. The highest BCUT2D eigenvalue weighted by Crippen LogP contribution is 2.12. The highest BCUT2D eigenvalue weighted by molar-refractivity contribution is 5.31. The molecule has 0 saturated heterocycles. The molecule has 1 aliphatic carbocycles. The molecule has 0 fully saturated rings. The summed E-state index contributed by atoms with van der Waals surface area (Å²) >= 11 is 0. The van der Waals surface area contributed by atoms with Crippen molar-refractivity contribution in [2.24, 2.45) is 0 Å². The summed E-state index contributed by atoms with van der Waals surface area (Å²) in [6.45, 7) is 2.00. The fourth-order valence-corrected chi connectivity index (χ4v) is 0.765.